The fraction of sp³-hybridized carbons (Fsp3) is 0.500. The Labute approximate surface area is 165 Å². The average molecular weight is 388 g/mol. The van der Waals surface area contributed by atoms with E-state index in [-0.39, 0.29) is 17.2 Å². The molecule has 4 nitrogen and oxygen atoms in total. The summed E-state index contributed by atoms with van der Waals surface area (Å²) in [5.74, 6) is -1.26. The first-order valence-corrected chi connectivity index (χ1v) is 9.85. The molecular formula is C22H26ClNO3. The van der Waals surface area contributed by atoms with Crippen LogP contribution in [0.1, 0.15) is 58.4 Å². The molecule has 1 heterocycles. The number of ketones is 1. The van der Waals surface area contributed by atoms with Crippen molar-refractivity contribution in [2.75, 3.05) is 6.61 Å². The van der Waals surface area contributed by atoms with Crippen LogP contribution in [-0.2, 0) is 14.3 Å². The molecule has 2 aliphatic rings. The van der Waals surface area contributed by atoms with Gasteiger partial charge in [-0.25, -0.2) is 0 Å². The van der Waals surface area contributed by atoms with Gasteiger partial charge in [-0.15, -0.1) is 0 Å². The van der Waals surface area contributed by atoms with Gasteiger partial charge < -0.3 is 4.74 Å². The fourth-order valence-electron chi connectivity index (χ4n) is 4.10. The molecule has 144 valence electrons. The summed E-state index contributed by atoms with van der Waals surface area (Å²) in [5.41, 5.74) is 2.88. The lowest BCUT2D eigenvalue weighted by Crippen LogP contribution is -2.39. The summed E-state index contributed by atoms with van der Waals surface area (Å²) < 4.78 is 5.45. The summed E-state index contributed by atoms with van der Waals surface area (Å²) in [7, 11) is 0. The second-order valence-electron chi connectivity index (χ2n) is 8.23. The minimum absolute atomic E-state index is 0.0655. The Morgan fingerprint density at radius 2 is 2.07 bits per heavy atom. The molecule has 0 bridgehead atoms. The van der Waals surface area contributed by atoms with Gasteiger partial charge in [0.2, 0.25) is 0 Å². The van der Waals surface area contributed by atoms with E-state index in [2.05, 4.69) is 13.8 Å². The van der Waals surface area contributed by atoms with Crippen molar-refractivity contribution in [3.8, 4) is 0 Å². The van der Waals surface area contributed by atoms with Crippen LogP contribution in [0.4, 0.5) is 0 Å². The van der Waals surface area contributed by atoms with Crippen LogP contribution in [0.5, 0.6) is 0 Å². The van der Waals surface area contributed by atoms with Crippen molar-refractivity contribution in [1.82, 2.24) is 0 Å². The monoisotopic (exact) mass is 387 g/mol. The fourth-order valence-corrected chi connectivity index (χ4v) is 4.30. The van der Waals surface area contributed by atoms with E-state index >= 15 is 0 Å². The molecule has 0 saturated heterocycles. The highest BCUT2D eigenvalue weighted by molar-refractivity contribution is 6.30. The number of carbonyl (C=O) groups excluding carboxylic acids is 2. The second kappa shape index (κ2) is 7.59. The van der Waals surface area contributed by atoms with Gasteiger partial charge in [-0.2, -0.15) is 0 Å². The standard InChI is InChI=1S/C22H26ClNO3/c1-5-9-27-21(26)18-13(2)24-16-11-22(3,4)12-17(25)20(16)19(18)14-7-6-8-15(23)10-14/h6-8,10,18-19H,5,9,11-12H2,1-4H3/t18?,19-/m1/s1. The zero-order valence-electron chi connectivity index (χ0n) is 16.3. The molecule has 0 fully saturated rings. The molecule has 0 amide bonds. The summed E-state index contributed by atoms with van der Waals surface area (Å²) >= 11 is 6.22. The van der Waals surface area contributed by atoms with Crippen LogP contribution in [0.3, 0.4) is 0 Å². The highest BCUT2D eigenvalue weighted by Crippen LogP contribution is 2.48. The topological polar surface area (TPSA) is 55.7 Å². The Kier molecular flexibility index (Phi) is 5.57. The van der Waals surface area contributed by atoms with Crippen LogP contribution >= 0.6 is 11.6 Å². The van der Waals surface area contributed by atoms with Crippen LogP contribution in [0.25, 0.3) is 0 Å². The van der Waals surface area contributed by atoms with Gasteiger partial charge in [-0.3, -0.25) is 14.6 Å². The first kappa shape index (κ1) is 19.8. The summed E-state index contributed by atoms with van der Waals surface area (Å²) in [4.78, 5) is 30.7. The third-order valence-corrected chi connectivity index (χ3v) is 5.45. The van der Waals surface area contributed by atoms with E-state index in [9.17, 15) is 9.59 Å². The molecule has 3 rings (SSSR count). The van der Waals surface area contributed by atoms with Gasteiger partial charge in [0.15, 0.2) is 5.78 Å². The van der Waals surface area contributed by atoms with E-state index in [4.69, 9.17) is 21.3 Å². The van der Waals surface area contributed by atoms with E-state index in [1.165, 1.54) is 0 Å². The Morgan fingerprint density at radius 3 is 2.74 bits per heavy atom. The number of benzene rings is 1. The third kappa shape index (κ3) is 4.01. The molecule has 1 aromatic carbocycles. The van der Waals surface area contributed by atoms with Gasteiger partial charge in [-0.1, -0.05) is 44.5 Å². The van der Waals surface area contributed by atoms with Crippen LogP contribution in [-0.4, -0.2) is 24.1 Å². The van der Waals surface area contributed by atoms with E-state index in [1.54, 1.807) is 6.07 Å². The number of aliphatic imine (C=N–C) groups is 1. The maximum atomic E-state index is 13.1. The lowest BCUT2D eigenvalue weighted by molar-refractivity contribution is -0.146. The molecule has 0 saturated carbocycles. The normalized spacial score (nSPS) is 24.3. The van der Waals surface area contributed by atoms with Crippen LogP contribution < -0.4 is 0 Å². The van der Waals surface area contributed by atoms with Gasteiger partial charge in [0.25, 0.3) is 0 Å². The predicted molar refractivity (Wildman–Crippen MR) is 107 cm³/mol. The van der Waals surface area contributed by atoms with Gasteiger partial charge in [0.1, 0.15) is 5.92 Å². The maximum Gasteiger partial charge on any atom is 0.315 e. The summed E-state index contributed by atoms with van der Waals surface area (Å²) in [6.45, 7) is 8.32. The zero-order chi connectivity index (χ0) is 19.8. The number of ether oxygens (including phenoxy) is 1. The van der Waals surface area contributed by atoms with Gasteiger partial charge in [0, 0.05) is 34.3 Å². The Hall–Kier alpha value is -1.94. The summed E-state index contributed by atoms with van der Waals surface area (Å²) in [5, 5.41) is 0.582. The number of rotatable bonds is 4. The quantitative estimate of drug-likeness (QED) is 0.674. The van der Waals surface area contributed by atoms with Crippen molar-refractivity contribution in [1.29, 1.82) is 0 Å². The van der Waals surface area contributed by atoms with Crippen LogP contribution in [0, 0.1) is 11.3 Å². The van der Waals surface area contributed by atoms with Crippen molar-refractivity contribution in [3.05, 3.63) is 46.1 Å². The van der Waals surface area contributed by atoms with Crippen molar-refractivity contribution in [3.63, 3.8) is 0 Å². The number of halogens is 1. The van der Waals surface area contributed by atoms with Crippen molar-refractivity contribution in [2.24, 2.45) is 16.3 Å². The van der Waals surface area contributed by atoms with Gasteiger partial charge >= 0.3 is 5.97 Å². The van der Waals surface area contributed by atoms with Gasteiger partial charge in [-0.05, 0) is 42.9 Å². The molecule has 0 aromatic heterocycles. The number of Topliss-reactive ketones (excluding diaryl/α,β-unsaturated/α-hetero) is 1. The van der Waals surface area contributed by atoms with E-state index < -0.39 is 11.8 Å². The summed E-state index contributed by atoms with van der Waals surface area (Å²) in [6.07, 6.45) is 1.92. The molecule has 1 aliphatic carbocycles. The van der Waals surface area contributed by atoms with E-state index in [0.717, 1.165) is 24.1 Å². The Morgan fingerprint density at radius 1 is 1.33 bits per heavy atom. The first-order chi connectivity index (χ1) is 12.7. The number of nitrogens with zero attached hydrogens (tertiary/aromatic N) is 1. The molecule has 1 unspecified atom stereocenters. The third-order valence-electron chi connectivity index (χ3n) is 5.21. The lowest BCUT2D eigenvalue weighted by Gasteiger charge is -2.39. The van der Waals surface area contributed by atoms with E-state index in [1.807, 2.05) is 32.0 Å². The molecule has 2 atom stereocenters. The minimum Gasteiger partial charge on any atom is -0.465 e. The smallest absolute Gasteiger partial charge is 0.315 e. The lowest BCUT2D eigenvalue weighted by atomic mass is 9.67. The van der Waals surface area contributed by atoms with Crippen LogP contribution in [0.15, 0.2) is 40.5 Å². The van der Waals surface area contributed by atoms with Gasteiger partial charge in [0.05, 0.1) is 6.61 Å². The highest BCUT2D eigenvalue weighted by Gasteiger charge is 2.46. The molecule has 5 heteroatoms. The Bertz CT molecular complexity index is 838. The first-order valence-electron chi connectivity index (χ1n) is 9.47. The molecule has 0 spiro atoms. The van der Waals surface area contributed by atoms with E-state index in [0.29, 0.717) is 29.3 Å². The highest BCUT2D eigenvalue weighted by atomic mass is 35.5. The second-order valence-corrected chi connectivity index (χ2v) is 8.67. The molecule has 1 aliphatic heterocycles. The molecular weight excluding hydrogens is 362 g/mol. The molecule has 1 aromatic rings. The van der Waals surface area contributed by atoms with Crippen LogP contribution in [0.2, 0.25) is 5.02 Å². The maximum absolute atomic E-state index is 13.1. The predicted octanol–water partition coefficient (Wildman–Crippen LogP) is 5.11. The van der Waals surface area contributed by atoms with Crippen molar-refractivity contribution in [2.45, 2.75) is 52.9 Å². The summed E-state index contributed by atoms with van der Waals surface area (Å²) in [6, 6.07) is 7.40. The molecule has 27 heavy (non-hydrogen) atoms. The van der Waals surface area contributed by atoms with Crippen molar-refractivity contribution < 1.29 is 14.3 Å². The number of allylic oxidation sites excluding steroid dienone is 2. The van der Waals surface area contributed by atoms with Crippen molar-refractivity contribution >= 4 is 29.1 Å². The molecule has 0 N–H and O–H groups in total. The number of hydrogen-bond donors (Lipinski definition) is 0. The minimum atomic E-state index is -0.598. The number of hydrogen-bond acceptors (Lipinski definition) is 4. The number of esters is 1. The number of carbonyl (C=O) groups is 2. The SMILES string of the molecule is CCCOC(=O)C1C(C)=NC2=C(C(=O)CC(C)(C)C2)[C@@H]1c1cccc(Cl)c1. The largest absolute Gasteiger partial charge is 0.465 e. The Balaban J connectivity index is 2.13. The zero-order valence-corrected chi connectivity index (χ0v) is 17.1. The average Bonchev–Trinajstić information content (AvgIpc) is 2.57. The molecule has 0 radical (unpaired) electrons.